The topological polar surface area (TPSA) is 61.4 Å². The zero-order valence-electron chi connectivity index (χ0n) is 10.9. The van der Waals surface area contributed by atoms with Crippen molar-refractivity contribution >= 4 is 27.9 Å². The Balaban J connectivity index is 2.57. The van der Waals surface area contributed by atoms with Crippen molar-refractivity contribution in [3.05, 3.63) is 59.6 Å². The number of hydrogen-bond donors (Lipinski definition) is 2. The molecule has 0 unspecified atom stereocenters. The van der Waals surface area contributed by atoms with Crippen LogP contribution in [0.3, 0.4) is 0 Å². The fourth-order valence-corrected chi connectivity index (χ4v) is 1.84. The van der Waals surface area contributed by atoms with Crippen LogP contribution in [0.15, 0.2) is 54.0 Å². The van der Waals surface area contributed by atoms with Crippen LogP contribution < -0.4 is 10.9 Å². The molecule has 0 aliphatic rings. The van der Waals surface area contributed by atoms with Gasteiger partial charge in [-0.1, -0.05) is 34.1 Å². The molecule has 6 heteroatoms. The Morgan fingerprint density at radius 2 is 1.85 bits per heavy atom. The summed E-state index contributed by atoms with van der Waals surface area (Å²) >= 11 is 3.28. The Bertz CT molecular complexity index is 507. The first-order chi connectivity index (χ1) is 9.58. The molecule has 0 aromatic heterocycles. The fraction of sp³-hybridized carbons (Fsp3) is 0.143. The first-order valence-corrected chi connectivity index (χ1v) is 6.70. The Labute approximate surface area is 126 Å². The van der Waals surface area contributed by atoms with Crippen LogP contribution in [0.5, 0.6) is 0 Å². The van der Waals surface area contributed by atoms with E-state index < -0.39 is 11.9 Å². The highest BCUT2D eigenvalue weighted by Gasteiger charge is 2.12. The first-order valence-electron chi connectivity index (χ1n) is 5.91. The molecule has 106 valence electrons. The summed E-state index contributed by atoms with van der Waals surface area (Å²) in [4.78, 5) is 25.1. The van der Waals surface area contributed by atoms with Crippen molar-refractivity contribution in [2.24, 2.45) is 0 Å². The molecule has 0 spiro atoms. The molecule has 20 heavy (non-hydrogen) atoms. The summed E-state index contributed by atoms with van der Waals surface area (Å²) in [6, 6.07) is 6.44. The molecule has 0 aliphatic heterocycles. The summed E-state index contributed by atoms with van der Waals surface area (Å²) in [5.74, 6) is -0.392. The van der Waals surface area contributed by atoms with E-state index in [1.165, 1.54) is 4.90 Å². The van der Waals surface area contributed by atoms with E-state index in [1.807, 2.05) is 6.07 Å². The second-order valence-corrected chi connectivity index (χ2v) is 4.79. The number of carbonyl (C=O) groups is 2. The summed E-state index contributed by atoms with van der Waals surface area (Å²) in [5, 5.41) is 0. The van der Waals surface area contributed by atoms with Gasteiger partial charge in [-0.2, -0.15) is 0 Å². The molecule has 0 saturated heterocycles. The van der Waals surface area contributed by atoms with E-state index in [-0.39, 0.29) is 0 Å². The molecule has 3 amide bonds. The van der Waals surface area contributed by atoms with Crippen molar-refractivity contribution in [1.29, 1.82) is 0 Å². The van der Waals surface area contributed by atoms with Gasteiger partial charge in [-0.05, 0) is 18.2 Å². The summed E-state index contributed by atoms with van der Waals surface area (Å²) in [6.45, 7) is 7.87. The Kier molecular flexibility index (Phi) is 6.52. The highest BCUT2D eigenvalue weighted by Crippen LogP contribution is 2.11. The zero-order valence-corrected chi connectivity index (χ0v) is 12.5. The second-order valence-electron chi connectivity index (χ2n) is 3.88. The molecule has 0 saturated carbocycles. The van der Waals surface area contributed by atoms with Gasteiger partial charge in [0.2, 0.25) is 0 Å². The van der Waals surface area contributed by atoms with E-state index >= 15 is 0 Å². The number of halogens is 1. The van der Waals surface area contributed by atoms with E-state index in [1.54, 1.807) is 30.4 Å². The quantitative estimate of drug-likeness (QED) is 0.640. The SMILES string of the molecule is C=CCN(CC=C)C(=O)NNC(=O)c1cccc(Br)c1. The van der Waals surface area contributed by atoms with Gasteiger partial charge in [-0.25, -0.2) is 10.2 Å². The van der Waals surface area contributed by atoms with Crippen LogP contribution in [0.2, 0.25) is 0 Å². The van der Waals surface area contributed by atoms with Crippen LogP contribution in [0.4, 0.5) is 4.79 Å². The van der Waals surface area contributed by atoms with Crippen LogP contribution in [-0.4, -0.2) is 29.9 Å². The highest BCUT2D eigenvalue weighted by atomic mass is 79.9. The minimum Gasteiger partial charge on any atom is -0.316 e. The molecule has 5 nitrogen and oxygen atoms in total. The van der Waals surface area contributed by atoms with Gasteiger partial charge in [-0.15, -0.1) is 13.2 Å². The average molecular weight is 338 g/mol. The monoisotopic (exact) mass is 337 g/mol. The third kappa shape index (κ3) is 4.89. The predicted octanol–water partition coefficient (Wildman–Crippen LogP) is 2.48. The van der Waals surface area contributed by atoms with Gasteiger partial charge in [0, 0.05) is 23.1 Å². The summed E-state index contributed by atoms with van der Waals surface area (Å²) < 4.78 is 0.788. The molecule has 1 aromatic carbocycles. The number of carbonyl (C=O) groups excluding carboxylic acids is 2. The van der Waals surface area contributed by atoms with Crippen molar-refractivity contribution in [1.82, 2.24) is 15.8 Å². The van der Waals surface area contributed by atoms with Crippen LogP contribution in [0.1, 0.15) is 10.4 Å². The number of nitrogens with one attached hydrogen (secondary N) is 2. The molecule has 0 fully saturated rings. The summed E-state index contributed by atoms with van der Waals surface area (Å²) in [5.41, 5.74) is 5.14. The summed E-state index contributed by atoms with van der Waals surface area (Å²) in [6.07, 6.45) is 3.19. The van der Waals surface area contributed by atoms with Gasteiger partial charge >= 0.3 is 6.03 Å². The van der Waals surface area contributed by atoms with E-state index in [9.17, 15) is 9.59 Å². The van der Waals surface area contributed by atoms with Crippen LogP contribution >= 0.6 is 15.9 Å². The van der Waals surface area contributed by atoms with Gasteiger partial charge in [0.15, 0.2) is 0 Å². The van der Waals surface area contributed by atoms with Gasteiger partial charge in [0.05, 0.1) is 0 Å². The third-order valence-corrected chi connectivity index (χ3v) is 2.85. The molecule has 1 aromatic rings. The van der Waals surface area contributed by atoms with Crippen LogP contribution in [0.25, 0.3) is 0 Å². The van der Waals surface area contributed by atoms with Crippen LogP contribution in [0, 0.1) is 0 Å². The smallest absolute Gasteiger partial charge is 0.316 e. The lowest BCUT2D eigenvalue weighted by atomic mass is 10.2. The molecule has 0 heterocycles. The zero-order chi connectivity index (χ0) is 15.0. The molecular formula is C14H16BrN3O2. The second kappa shape index (κ2) is 8.16. The number of rotatable bonds is 5. The van der Waals surface area contributed by atoms with Crippen molar-refractivity contribution in [2.75, 3.05) is 13.1 Å². The minimum absolute atomic E-state index is 0.366. The predicted molar refractivity (Wildman–Crippen MR) is 82.1 cm³/mol. The average Bonchev–Trinajstić information content (AvgIpc) is 2.44. The third-order valence-electron chi connectivity index (χ3n) is 2.36. The number of nitrogens with zero attached hydrogens (tertiary/aromatic N) is 1. The van der Waals surface area contributed by atoms with Gasteiger partial charge < -0.3 is 4.90 Å². The molecule has 1 rings (SSSR count). The molecule has 2 N–H and O–H groups in total. The largest absolute Gasteiger partial charge is 0.336 e. The molecule has 0 radical (unpaired) electrons. The Hall–Kier alpha value is -2.08. The molecular weight excluding hydrogens is 322 g/mol. The normalized spacial score (nSPS) is 9.45. The lowest BCUT2D eigenvalue weighted by Gasteiger charge is -2.19. The van der Waals surface area contributed by atoms with E-state index in [4.69, 9.17) is 0 Å². The standard InChI is InChI=1S/C14H16BrN3O2/c1-3-8-18(9-4-2)14(20)17-16-13(19)11-6-5-7-12(15)10-11/h3-7,10H,1-2,8-9H2,(H,16,19)(H,17,20). The minimum atomic E-state index is -0.423. The lowest BCUT2D eigenvalue weighted by Crippen LogP contribution is -2.48. The van der Waals surface area contributed by atoms with Gasteiger partial charge in [0.25, 0.3) is 5.91 Å². The van der Waals surface area contributed by atoms with E-state index in [0.717, 1.165) is 4.47 Å². The van der Waals surface area contributed by atoms with E-state index in [2.05, 4.69) is 39.9 Å². The molecule has 0 bridgehead atoms. The maximum absolute atomic E-state index is 11.8. The number of benzene rings is 1. The number of urea groups is 1. The Morgan fingerprint density at radius 1 is 1.20 bits per heavy atom. The van der Waals surface area contributed by atoms with Gasteiger partial charge in [-0.3, -0.25) is 10.2 Å². The first kappa shape index (κ1) is 16.0. The van der Waals surface area contributed by atoms with Crippen molar-refractivity contribution in [3.8, 4) is 0 Å². The number of hydrazine groups is 1. The van der Waals surface area contributed by atoms with Gasteiger partial charge in [0.1, 0.15) is 0 Å². The van der Waals surface area contributed by atoms with Crippen molar-refractivity contribution in [3.63, 3.8) is 0 Å². The number of hydrogen-bond acceptors (Lipinski definition) is 2. The lowest BCUT2D eigenvalue weighted by molar-refractivity contribution is 0.0931. The maximum atomic E-state index is 11.8. The molecule has 0 aliphatic carbocycles. The number of amides is 3. The van der Waals surface area contributed by atoms with Crippen molar-refractivity contribution in [2.45, 2.75) is 0 Å². The van der Waals surface area contributed by atoms with E-state index in [0.29, 0.717) is 18.7 Å². The maximum Gasteiger partial charge on any atom is 0.336 e. The highest BCUT2D eigenvalue weighted by molar-refractivity contribution is 9.10. The fourth-order valence-electron chi connectivity index (χ4n) is 1.44. The Morgan fingerprint density at radius 3 is 2.40 bits per heavy atom. The molecule has 0 atom stereocenters. The van der Waals surface area contributed by atoms with Crippen molar-refractivity contribution < 1.29 is 9.59 Å². The van der Waals surface area contributed by atoms with Crippen LogP contribution in [-0.2, 0) is 0 Å². The summed E-state index contributed by atoms with van der Waals surface area (Å²) in [7, 11) is 0.